The van der Waals surface area contributed by atoms with Gasteiger partial charge in [0.2, 0.25) is 0 Å². The number of carbonyl (C=O) groups excluding carboxylic acids is 1. The number of hydrogen-bond acceptors (Lipinski definition) is 5. The average molecular weight is 340 g/mol. The van der Waals surface area contributed by atoms with Crippen molar-refractivity contribution in [1.82, 2.24) is 9.78 Å². The molecule has 7 heteroatoms. The second kappa shape index (κ2) is 5.61. The van der Waals surface area contributed by atoms with Gasteiger partial charge in [-0.2, -0.15) is 5.10 Å². The second-order valence-corrected chi connectivity index (χ2v) is 9.82. The maximum Gasteiger partial charge on any atom is 0.359 e. The maximum atomic E-state index is 12.4. The Morgan fingerprint density at radius 3 is 2.57 bits per heavy atom. The lowest BCUT2D eigenvalue weighted by molar-refractivity contribution is 0.0315. The summed E-state index contributed by atoms with van der Waals surface area (Å²) < 4.78 is 30.6. The molecular weight excluding hydrogens is 316 g/mol. The fraction of sp³-hybridized carbons (Fsp3) is 0.750. The largest absolute Gasteiger partial charge is 0.457 e. The molecule has 1 aliphatic heterocycles. The van der Waals surface area contributed by atoms with Crippen LogP contribution in [-0.4, -0.2) is 41.8 Å². The average Bonchev–Trinajstić information content (AvgIpc) is 3.14. The van der Waals surface area contributed by atoms with Crippen molar-refractivity contribution in [2.24, 2.45) is 0 Å². The molecule has 1 saturated heterocycles. The molecule has 2 heterocycles. The van der Waals surface area contributed by atoms with Crippen LogP contribution in [0.5, 0.6) is 0 Å². The van der Waals surface area contributed by atoms with E-state index >= 15 is 0 Å². The van der Waals surface area contributed by atoms with E-state index in [0.717, 1.165) is 18.5 Å². The molecule has 23 heavy (non-hydrogen) atoms. The van der Waals surface area contributed by atoms with E-state index in [2.05, 4.69) is 25.9 Å². The minimum Gasteiger partial charge on any atom is -0.457 e. The van der Waals surface area contributed by atoms with E-state index in [1.54, 1.807) is 0 Å². The van der Waals surface area contributed by atoms with Crippen molar-refractivity contribution in [3.05, 3.63) is 17.5 Å². The van der Waals surface area contributed by atoms with E-state index < -0.39 is 21.9 Å². The lowest BCUT2D eigenvalue weighted by atomic mass is 10.1. The van der Waals surface area contributed by atoms with Crippen LogP contribution in [0.2, 0.25) is 0 Å². The van der Waals surface area contributed by atoms with Gasteiger partial charge >= 0.3 is 5.97 Å². The highest BCUT2D eigenvalue weighted by atomic mass is 32.2. The van der Waals surface area contributed by atoms with E-state index in [9.17, 15) is 13.2 Å². The van der Waals surface area contributed by atoms with E-state index in [0.29, 0.717) is 18.8 Å². The van der Waals surface area contributed by atoms with Crippen LogP contribution in [-0.2, 0) is 20.1 Å². The fourth-order valence-corrected chi connectivity index (χ4v) is 4.56. The summed E-state index contributed by atoms with van der Waals surface area (Å²) in [4.78, 5) is 12.4. The molecule has 3 rings (SSSR count). The Morgan fingerprint density at radius 2 is 2.00 bits per heavy atom. The topological polar surface area (TPSA) is 78.3 Å². The van der Waals surface area contributed by atoms with Crippen LogP contribution in [0.4, 0.5) is 0 Å². The minimum atomic E-state index is -3.09. The number of ether oxygens (including phenoxy) is 1. The first kappa shape index (κ1) is 16.5. The summed E-state index contributed by atoms with van der Waals surface area (Å²) in [5, 5.41) is 4.44. The van der Waals surface area contributed by atoms with Gasteiger partial charge in [-0.1, -0.05) is 0 Å². The van der Waals surface area contributed by atoms with Crippen molar-refractivity contribution in [2.45, 2.75) is 64.0 Å². The number of hydrogen-bond donors (Lipinski definition) is 0. The Morgan fingerprint density at radius 1 is 1.30 bits per heavy atom. The standard InChI is InChI=1S/C16H24N2O4S/c1-16(2,3)18-14(11-6-7-11)9-13(17-18)15(19)22-12-5-4-8-23(20,21)10-12/h9,11-12H,4-8,10H2,1-3H3/t12-/m0/s1. The van der Waals surface area contributed by atoms with Crippen molar-refractivity contribution in [3.8, 4) is 0 Å². The minimum absolute atomic E-state index is 0.0752. The van der Waals surface area contributed by atoms with Crippen LogP contribution in [0.15, 0.2) is 6.07 Å². The molecule has 128 valence electrons. The van der Waals surface area contributed by atoms with E-state index in [4.69, 9.17) is 4.74 Å². The lowest BCUT2D eigenvalue weighted by Gasteiger charge is -2.22. The van der Waals surface area contributed by atoms with Gasteiger partial charge in [-0.05, 0) is 52.5 Å². The molecule has 0 N–H and O–H groups in total. The second-order valence-electron chi connectivity index (χ2n) is 7.60. The predicted molar refractivity (Wildman–Crippen MR) is 86.3 cm³/mol. The smallest absolute Gasteiger partial charge is 0.359 e. The van der Waals surface area contributed by atoms with Crippen LogP contribution in [0, 0.1) is 0 Å². The first-order chi connectivity index (χ1) is 10.7. The quantitative estimate of drug-likeness (QED) is 0.789. The van der Waals surface area contributed by atoms with Crippen molar-refractivity contribution in [1.29, 1.82) is 0 Å². The molecule has 1 aromatic heterocycles. The zero-order valence-electron chi connectivity index (χ0n) is 13.9. The Bertz CT molecular complexity index is 711. The number of carbonyl (C=O) groups is 1. The first-order valence-electron chi connectivity index (χ1n) is 8.17. The van der Waals surface area contributed by atoms with Gasteiger partial charge < -0.3 is 4.74 Å². The van der Waals surface area contributed by atoms with Gasteiger partial charge in [0.05, 0.1) is 17.0 Å². The van der Waals surface area contributed by atoms with Gasteiger partial charge in [0, 0.05) is 11.6 Å². The molecule has 1 aromatic rings. The molecule has 1 saturated carbocycles. The van der Waals surface area contributed by atoms with Gasteiger partial charge in [-0.3, -0.25) is 4.68 Å². The zero-order chi connectivity index (χ0) is 16.8. The van der Waals surface area contributed by atoms with Gasteiger partial charge in [-0.25, -0.2) is 13.2 Å². The fourth-order valence-electron chi connectivity index (χ4n) is 2.99. The molecule has 0 radical (unpaired) electrons. The zero-order valence-corrected chi connectivity index (χ0v) is 14.7. The summed E-state index contributed by atoms with van der Waals surface area (Å²) in [5.74, 6) is 0.0649. The Kier molecular flexibility index (Phi) is 4.02. The molecule has 0 bridgehead atoms. The number of esters is 1. The van der Waals surface area contributed by atoms with Crippen molar-refractivity contribution in [3.63, 3.8) is 0 Å². The number of nitrogens with zero attached hydrogens (tertiary/aromatic N) is 2. The van der Waals surface area contributed by atoms with Crippen molar-refractivity contribution in [2.75, 3.05) is 11.5 Å². The summed E-state index contributed by atoms with van der Waals surface area (Å²) in [5.41, 5.74) is 1.15. The molecule has 1 aliphatic carbocycles. The lowest BCUT2D eigenvalue weighted by Crippen LogP contribution is -2.33. The van der Waals surface area contributed by atoms with Gasteiger partial charge in [0.1, 0.15) is 6.10 Å². The van der Waals surface area contributed by atoms with Crippen LogP contribution in [0.3, 0.4) is 0 Å². The molecule has 0 aromatic carbocycles. The molecule has 6 nitrogen and oxygen atoms in total. The summed E-state index contributed by atoms with van der Waals surface area (Å²) in [7, 11) is -3.09. The summed E-state index contributed by atoms with van der Waals surface area (Å²) in [6, 6.07) is 1.81. The Balaban J connectivity index is 1.77. The van der Waals surface area contributed by atoms with Crippen LogP contribution < -0.4 is 0 Å². The van der Waals surface area contributed by atoms with Gasteiger partial charge in [-0.15, -0.1) is 0 Å². The third-order valence-corrected chi connectivity index (χ3v) is 6.06. The normalized spacial score (nSPS) is 24.4. The first-order valence-corrected chi connectivity index (χ1v) is 10.00. The van der Waals surface area contributed by atoms with Gasteiger partial charge in [0.15, 0.2) is 15.5 Å². The number of sulfone groups is 1. The predicted octanol–water partition coefficient (Wildman–Crippen LogP) is 2.25. The molecule has 1 atom stereocenters. The highest BCUT2D eigenvalue weighted by Crippen LogP contribution is 2.41. The monoisotopic (exact) mass is 340 g/mol. The molecule has 2 aliphatic rings. The summed E-state index contributed by atoms with van der Waals surface area (Å²) in [6.07, 6.45) is 2.84. The van der Waals surface area contributed by atoms with Crippen molar-refractivity contribution < 1.29 is 17.9 Å². The third kappa shape index (κ3) is 3.76. The summed E-state index contributed by atoms with van der Waals surface area (Å²) >= 11 is 0. The molecule has 2 fully saturated rings. The molecular formula is C16H24N2O4S. The third-order valence-electron chi connectivity index (χ3n) is 4.27. The molecule has 0 spiro atoms. The molecule has 0 amide bonds. The van der Waals surface area contributed by atoms with E-state index in [1.807, 2.05) is 10.7 Å². The van der Waals surface area contributed by atoms with E-state index in [1.165, 1.54) is 0 Å². The maximum absolute atomic E-state index is 12.4. The van der Waals surface area contributed by atoms with Crippen LogP contribution >= 0.6 is 0 Å². The highest BCUT2D eigenvalue weighted by molar-refractivity contribution is 7.91. The summed E-state index contributed by atoms with van der Waals surface area (Å²) in [6.45, 7) is 6.15. The van der Waals surface area contributed by atoms with Gasteiger partial charge in [0.25, 0.3) is 0 Å². The SMILES string of the molecule is CC(C)(C)n1nc(C(=O)O[C@H]2CCCS(=O)(=O)C2)cc1C1CC1. The molecule has 0 unspecified atom stereocenters. The number of aromatic nitrogens is 2. The van der Waals surface area contributed by atoms with E-state index in [-0.39, 0.29) is 22.7 Å². The van der Waals surface area contributed by atoms with Crippen LogP contribution in [0.25, 0.3) is 0 Å². The Hall–Kier alpha value is -1.37. The van der Waals surface area contributed by atoms with Crippen LogP contribution in [0.1, 0.15) is 68.6 Å². The van der Waals surface area contributed by atoms with Crippen molar-refractivity contribution >= 4 is 15.8 Å². The number of rotatable bonds is 3. The Labute approximate surface area is 137 Å². The highest BCUT2D eigenvalue weighted by Gasteiger charge is 2.34.